The van der Waals surface area contributed by atoms with Crippen LogP contribution in [0.4, 0.5) is 10.8 Å². The molecule has 7 heteroatoms. The van der Waals surface area contributed by atoms with Gasteiger partial charge in [0.05, 0.1) is 13.0 Å². The molecule has 1 aromatic heterocycles. The molecule has 1 aliphatic rings. The quantitative estimate of drug-likeness (QED) is 0.863. The van der Waals surface area contributed by atoms with Crippen molar-refractivity contribution in [3.8, 4) is 0 Å². The summed E-state index contributed by atoms with van der Waals surface area (Å²) in [7, 11) is 1.40. The van der Waals surface area contributed by atoms with Gasteiger partial charge in [0.25, 0.3) is 5.91 Å². The van der Waals surface area contributed by atoms with Crippen LogP contribution in [0, 0.1) is 5.92 Å². The third-order valence-corrected chi connectivity index (χ3v) is 4.82. The predicted molar refractivity (Wildman–Crippen MR) is 92.5 cm³/mol. The van der Waals surface area contributed by atoms with Crippen LogP contribution in [0.3, 0.4) is 0 Å². The van der Waals surface area contributed by atoms with Gasteiger partial charge in [-0.15, -0.1) is 11.3 Å². The first-order valence-electron chi connectivity index (χ1n) is 7.82. The van der Waals surface area contributed by atoms with E-state index in [4.69, 9.17) is 4.74 Å². The third kappa shape index (κ3) is 3.73. The molecule has 0 spiro atoms. The van der Waals surface area contributed by atoms with Crippen LogP contribution >= 0.6 is 11.3 Å². The molecular formula is C17H19N3O3S. The second-order valence-electron chi connectivity index (χ2n) is 5.62. The molecule has 1 N–H and O–H groups in total. The van der Waals surface area contributed by atoms with E-state index >= 15 is 0 Å². The highest BCUT2D eigenvalue weighted by molar-refractivity contribution is 7.14. The first-order chi connectivity index (χ1) is 11.7. The van der Waals surface area contributed by atoms with Crippen molar-refractivity contribution in [3.05, 3.63) is 41.4 Å². The molecule has 126 valence electrons. The summed E-state index contributed by atoms with van der Waals surface area (Å²) in [5.41, 5.74) is 1.37. The average Bonchev–Trinajstić information content (AvgIpc) is 3.10. The minimum Gasteiger partial charge on any atom is -0.469 e. The number of thiazole rings is 1. The van der Waals surface area contributed by atoms with Crippen molar-refractivity contribution < 1.29 is 14.3 Å². The summed E-state index contributed by atoms with van der Waals surface area (Å²) in [6.45, 7) is 1.11. The molecule has 2 aromatic rings. The maximum Gasteiger partial charge on any atom is 0.308 e. The van der Waals surface area contributed by atoms with Crippen LogP contribution in [0.2, 0.25) is 0 Å². The van der Waals surface area contributed by atoms with Crippen molar-refractivity contribution in [1.29, 1.82) is 0 Å². The van der Waals surface area contributed by atoms with Gasteiger partial charge in [0.2, 0.25) is 0 Å². The average molecular weight is 345 g/mol. The van der Waals surface area contributed by atoms with Gasteiger partial charge in [0.15, 0.2) is 5.13 Å². The zero-order valence-corrected chi connectivity index (χ0v) is 14.2. The van der Waals surface area contributed by atoms with E-state index in [0.717, 1.165) is 5.69 Å². The lowest BCUT2D eigenvalue weighted by Crippen LogP contribution is -2.40. The van der Waals surface area contributed by atoms with Crippen LogP contribution in [0.15, 0.2) is 35.7 Å². The number of amides is 1. The number of carbonyl (C=O) groups is 2. The summed E-state index contributed by atoms with van der Waals surface area (Å²) in [5, 5.41) is 5.64. The summed E-state index contributed by atoms with van der Waals surface area (Å²) < 4.78 is 4.77. The Kier molecular flexibility index (Phi) is 5.10. The van der Waals surface area contributed by atoms with Gasteiger partial charge >= 0.3 is 5.97 Å². The molecule has 1 saturated heterocycles. The first kappa shape index (κ1) is 16.4. The number of carbonyl (C=O) groups excluding carboxylic acids is 2. The van der Waals surface area contributed by atoms with E-state index in [1.54, 1.807) is 10.3 Å². The highest BCUT2D eigenvalue weighted by atomic mass is 32.1. The van der Waals surface area contributed by atoms with Gasteiger partial charge in [-0.25, -0.2) is 4.98 Å². The van der Waals surface area contributed by atoms with Crippen molar-refractivity contribution in [2.24, 2.45) is 5.92 Å². The van der Waals surface area contributed by atoms with Crippen LogP contribution in [-0.4, -0.2) is 42.0 Å². The van der Waals surface area contributed by atoms with Crippen LogP contribution in [0.5, 0.6) is 0 Å². The van der Waals surface area contributed by atoms with E-state index < -0.39 is 0 Å². The van der Waals surface area contributed by atoms with Crippen LogP contribution in [0.25, 0.3) is 0 Å². The SMILES string of the molecule is COC(=O)C1CCN(C(=O)c2csc(Nc3ccccc3)n2)CC1. The standard InChI is InChI=1S/C17H19N3O3S/c1-23-16(22)12-7-9-20(10-8-12)15(21)14-11-24-17(19-14)18-13-5-3-2-4-6-13/h2-6,11-12H,7-10H2,1H3,(H,18,19). The summed E-state index contributed by atoms with van der Waals surface area (Å²) in [5.74, 6) is -0.384. The minimum absolute atomic E-state index is 0.0873. The van der Waals surface area contributed by atoms with Gasteiger partial charge in [0.1, 0.15) is 5.69 Å². The number of nitrogens with one attached hydrogen (secondary N) is 1. The molecule has 0 unspecified atom stereocenters. The fourth-order valence-corrected chi connectivity index (χ4v) is 3.43. The number of likely N-dealkylation sites (tertiary alicyclic amines) is 1. The lowest BCUT2D eigenvalue weighted by molar-refractivity contribution is -0.146. The number of rotatable bonds is 4. The fourth-order valence-electron chi connectivity index (χ4n) is 2.72. The minimum atomic E-state index is -0.190. The Morgan fingerprint density at radius 3 is 2.62 bits per heavy atom. The van der Waals surface area contributed by atoms with E-state index in [1.807, 2.05) is 30.3 Å². The molecular weight excluding hydrogens is 326 g/mol. The molecule has 0 bridgehead atoms. The molecule has 0 saturated carbocycles. The van der Waals surface area contributed by atoms with Crippen LogP contribution in [0.1, 0.15) is 23.3 Å². The number of esters is 1. The molecule has 24 heavy (non-hydrogen) atoms. The van der Waals surface area contributed by atoms with Gasteiger partial charge in [0, 0.05) is 24.2 Å². The zero-order chi connectivity index (χ0) is 16.9. The number of nitrogens with zero attached hydrogens (tertiary/aromatic N) is 2. The molecule has 0 aliphatic carbocycles. The van der Waals surface area contributed by atoms with Gasteiger partial charge in [-0.1, -0.05) is 18.2 Å². The fraction of sp³-hybridized carbons (Fsp3) is 0.353. The number of anilines is 2. The number of piperidine rings is 1. The van der Waals surface area contributed by atoms with Crippen molar-refractivity contribution in [1.82, 2.24) is 9.88 Å². The largest absolute Gasteiger partial charge is 0.469 e. The molecule has 1 aromatic carbocycles. The van der Waals surface area contributed by atoms with Gasteiger partial charge in [-0.2, -0.15) is 0 Å². The number of ether oxygens (including phenoxy) is 1. The third-order valence-electron chi connectivity index (χ3n) is 4.07. The topological polar surface area (TPSA) is 71.5 Å². The Hall–Kier alpha value is -2.41. The smallest absolute Gasteiger partial charge is 0.308 e. The van der Waals surface area contributed by atoms with Crippen LogP contribution in [-0.2, 0) is 9.53 Å². The van der Waals surface area contributed by atoms with E-state index in [-0.39, 0.29) is 17.8 Å². The Labute approximate surface area is 144 Å². The van der Waals surface area contributed by atoms with E-state index in [9.17, 15) is 9.59 Å². The van der Waals surface area contributed by atoms with E-state index in [2.05, 4.69) is 10.3 Å². The van der Waals surface area contributed by atoms with Gasteiger partial charge in [-0.3, -0.25) is 9.59 Å². The molecule has 3 rings (SSSR count). The second-order valence-corrected chi connectivity index (χ2v) is 6.48. The molecule has 6 nitrogen and oxygen atoms in total. The lowest BCUT2D eigenvalue weighted by Gasteiger charge is -2.30. The summed E-state index contributed by atoms with van der Waals surface area (Å²) in [6, 6.07) is 9.71. The van der Waals surface area contributed by atoms with Crippen molar-refractivity contribution in [2.45, 2.75) is 12.8 Å². The summed E-state index contributed by atoms with van der Waals surface area (Å²) in [4.78, 5) is 30.2. The second kappa shape index (κ2) is 7.44. The molecule has 1 amide bonds. The zero-order valence-electron chi connectivity index (χ0n) is 13.4. The van der Waals surface area contributed by atoms with Crippen molar-refractivity contribution >= 4 is 34.0 Å². The van der Waals surface area contributed by atoms with Crippen LogP contribution < -0.4 is 5.32 Å². The summed E-state index contributed by atoms with van der Waals surface area (Å²) >= 11 is 1.40. The molecule has 0 atom stereocenters. The predicted octanol–water partition coefficient (Wildman–Crippen LogP) is 2.91. The van der Waals surface area contributed by atoms with E-state index in [1.165, 1.54) is 18.4 Å². The number of hydrogen-bond donors (Lipinski definition) is 1. The normalized spacial score (nSPS) is 15.1. The molecule has 0 radical (unpaired) electrons. The number of benzene rings is 1. The lowest BCUT2D eigenvalue weighted by atomic mass is 9.97. The van der Waals surface area contributed by atoms with Crippen molar-refractivity contribution in [3.63, 3.8) is 0 Å². The number of aromatic nitrogens is 1. The number of hydrogen-bond acceptors (Lipinski definition) is 6. The monoisotopic (exact) mass is 345 g/mol. The number of methoxy groups -OCH3 is 1. The van der Waals surface area contributed by atoms with Crippen molar-refractivity contribution in [2.75, 3.05) is 25.5 Å². The maximum atomic E-state index is 12.5. The first-order valence-corrected chi connectivity index (χ1v) is 8.70. The molecule has 1 fully saturated rings. The Bertz CT molecular complexity index is 709. The highest BCUT2D eigenvalue weighted by Gasteiger charge is 2.29. The highest BCUT2D eigenvalue weighted by Crippen LogP contribution is 2.24. The Morgan fingerprint density at radius 2 is 1.96 bits per heavy atom. The molecule has 1 aliphatic heterocycles. The molecule has 2 heterocycles. The number of para-hydroxylation sites is 1. The van der Waals surface area contributed by atoms with E-state index in [0.29, 0.717) is 36.8 Å². The van der Waals surface area contributed by atoms with Gasteiger partial charge in [-0.05, 0) is 25.0 Å². The van der Waals surface area contributed by atoms with Gasteiger partial charge < -0.3 is 15.0 Å². The summed E-state index contributed by atoms with van der Waals surface area (Å²) in [6.07, 6.45) is 1.27. The maximum absolute atomic E-state index is 12.5. The Morgan fingerprint density at radius 1 is 1.25 bits per heavy atom. The Balaban J connectivity index is 1.59.